The molecular weight excluding hydrogens is 150 g/mol. The Morgan fingerprint density at radius 3 is 2.25 bits per heavy atom. The van der Waals surface area contributed by atoms with Crippen LogP contribution < -0.4 is 5.32 Å². The van der Waals surface area contributed by atoms with E-state index >= 15 is 0 Å². The molecule has 2 aliphatic rings. The highest BCUT2D eigenvalue weighted by Crippen LogP contribution is 2.23. The summed E-state index contributed by atoms with van der Waals surface area (Å²) in [7, 11) is 0. The Morgan fingerprint density at radius 2 is 1.67 bits per heavy atom. The van der Waals surface area contributed by atoms with Crippen LogP contribution in [-0.2, 0) is 0 Å². The van der Waals surface area contributed by atoms with E-state index in [-0.39, 0.29) is 6.10 Å². The van der Waals surface area contributed by atoms with Crippen molar-refractivity contribution in [3.8, 4) is 0 Å². The van der Waals surface area contributed by atoms with Crippen LogP contribution in [0.5, 0.6) is 0 Å². The lowest BCUT2D eigenvalue weighted by Crippen LogP contribution is -2.41. The monoisotopic (exact) mass is 169 g/mol. The third kappa shape index (κ3) is 1.80. The van der Waals surface area contributed by atoms with Gasteiger partial charge in [0.15, 0.2) is 0 Å². The Bertz CT molecular complexity index is 143. The van der Waals surface area contributed by atoms with Gasteiger partial charge in [-0.1, -0.05) is 12.8 Å². The van der Waals surface area contributed by atoms with Gasteiger partial charge in [0.2, 0.25) is 0 Å². The van der Waals surface area contributed by atoms with Crippen molar-refractivity contribution in [2.24, 2.45) is 0 Å². The summed E-state index contributed by atoms with van der Waals surface area (Å²) in [6, 6.07) is 1.12. The Labute approximate surface area is 74.4 Å². The van der Waals surface area contributed by atoms with Crippen LogP contribution in [0.15, 0.2) is 0 Å². The zero-order valence-electron chi connectivity index (χ0n) is 7.63. The van der Waals surface area contributed by atoms with E-state index in [1.807, 2.05) is 0 Å². The van der Waals surface area contributed by atoms with Gasteiger partial charge in [-0.05, 0) is 32.1 Å². The Hall–Kier alpha value is -0.0800. The molecule has 2 heteroatoms. The summed E-state index contributed by atoms with van der Waals surface area (Å²) in [5.41, 5.74) is 0. The summed E-state index contributed by atoms with van der Waals surface area (Å²) < 4.78 is 0. The molecule has 2 N–H and O–H groups in total. The van der Waals surface area contributed by atoms with E-state index in [1.165, 1.54) is 38.5 Å². The van der Waals surface area contributed by atoms with E-state index in [0.29, 0.717) is 12.1 Å². The van der Waals surface area contributed by atoms with Gasteiger partial charge >= 0.3 is 0 Å². The summed E-state index contributed by atoms with van der Waals surface area (Å²) >= 11 is 0. The summed E-state index contributed by atoms with van der Waals surface area (Å²) in [6.07, 6.45) is 8.71. The summed E-state index contributed by atoms with van der Waals surface area (Å²) in [5.74, 6) is 0. The predicted octanol–water partition coefficient (Wildman–Crippen LogP) is 1.43. The number of rotatable bonds is 2. The molecule has 2 unspecified atom stereocenters. The molecule has 0 saturated heterocycles. The van der Waals surface area contributed by atoms with Gasteiger partial charge in [-0.2, -0.15) is 0 Å². The first-order chi connectivity index (χ1) is 5.86. The van der Waals surface area contributed by atoms with E-state index in [4.69, 9.17) is 0 Å². The fourth-order valence-electron chi connectivity index (χ4n) is 2.53. The van der Waals surface area contributed by atoms with Crippen LogP contribution in [0, 0.1) is 0 Å². The van der Waals surface area contributed by atoms with Crippen molar-refractivity contribution in [2.75, 3.05) is 0 Å². The molecule has 70 valence electrons. The highest BCUT2D eigenvalue weighted by molar-refractivity contribution is 4.86. The van der Waals surface area contributed by atoms with Gasteiger partial charge in [-0.15, -0.1) is 0 Å². The molecule has 2 atom stereocenters. The maximum absolute atomic E-state index is 9.59. The van der Waals surface area contributed by atoms with Crippen molar-refractivity contribution in [2.45, 2.75) is 63.1 Å². The smallest absolute Gasteiger partial charge is 0.0693 e. The molecule has 0 aromatic heterocycles. The lowest BCUT2D eigenvalue weighted by Gasteiger charge is -2.21. The van der Waals surface area contributed by atoms with Crippen molar-refractivity contribution in [1.29, 1.82) is 0 Å². The first-order valence-electron chi connectivity index (χ1n) is 5.30. The summed E-state index contributed by atoms with van der Waals surface area (Å²) in [4.78, 5) is 0. The molecule has 0 aliphatic heterocycles. The van der Waals surface area contributed by atoms with Crippen molar-refractivity contribution in [1.82, 2.24) is 5.32 Å². The van der Waals surface area contributed by atoms with Crippen LogP contribution >= 0.6 is 0 Å². The van der Waals surface area contributed by atoms with E-state index in [9.17, 15) is 5.11 Å². The molecule has 0 amide bonds. The maximum Gasteiger partial charge on any atom is 0.0693 e. The molecular formula is C10H19NO. The van der Waals surface area contributed by atoms with Gasteiger partial charge in [-0.25, -0.2) is 0 Å². The first-order valence-corrected chi connectivity index (χ1v) is 5.30. The Morgan fingerprint density at radius 1 is 0.917 bits per heavy atom. The van der Waals surface area contributed by atoms with Crippen LogP contribution in [0.4, 0.5) is 0 Å². The molecule has 2 nitrogen and oxygen atoms in total. The van der Waals surface area contributed by atoms with Gasteiger partial charge in [0.05, 0.1) is 6.10 Å². The molecule has 2 fully saturated rings. The molecule has 0 heterocycles. The number of hydrogen-bond donors (Lipinski definition) is 2. The molecule has 0 aromatic carbocycles. The van der Waals surface area contributed by atoms with E-state index < -0.39 is 0 Å². The second-order valence-electron chi connectivity index (χ2n) is 4.25. The second kappa shape index (κ2) is 3.75. The van der Waals surface area contributed by atoms with Crippen LogP contribution in [0.25, 0.3) is 0 Å². The lowest BCUT2D eigenvalue weighted by molar-refractivity contribution is 0.143. The minimum atomic E-state index is -0.0643. The number of hydrogen-bond acceptors (Lipinski definition) is 2. The molecule has 0 aromatic rings. The van der Waals surface area contributed by atoms with Gasteiger partial charge in [-0.3, -0.25) is 0 Å². The zero-order chi connectivity index (χ0) is 8.39. The molecule has 0 radical (unpaired) electrons. The van der Waals surface area contributed by atoms with Crippen LogP contribution in [0.3, 0.4) is 0 Å². The minimum absolute atomic E-state index is 0.0643. The molecule has 12 heavy (non-hydrogen) atoms. The van der Waals surface area contributed by atoms with Crippen molar-refractivity contribution in [3.63, 3.8) is 0 Å². The SMILES string of the molecule is OC1CCCC1NC1CCCC1. The maximum atomic E-state index is 9.59. The normalized spacial score (nSPS) is 37.8. The van der Waals surface area contributed by atoms with Crippen molar-refractivity contribution >= 4 is 0 Å². The summed E-state index contributed by atoms with van der Waals surface area (Å²) in [5, 5.41) is 13.2. The van der Waals surface area contributed by atoms with Crippen LogP contribution in [0.1, 0.15) is 44.9 Å². The third-order valence-corrected chi connectivity index (χ3v) is 3.28. The largest absolute Gasteiger partial charge is 0.392 e. The molecule has 0 spiro atoms. The van der Waals surface area contributed by atoms with Crippen LogP contribution in [0.2, 0.25) is 0 Å². The fraction of sp³-hybridized carbons (Fsp3) is 1.00. The van der Waals surface area contributed by atoms with E-state index in [0.717, 1.165) is 6.42 Å². The molecule has 2 rings (SSSR count). The fourth-order valence-corrected chi connectivity index (χ4v) is 2.53. The van der Waals surface area contributed by atoms with Gasteiger partial charge in [0, 0.05) is 12.1 Å². The average Bonchev–Trinajstić information content (AvgIpc) is 2.65. The summed E-state index contributed by atoms with van der Waals surface area (Å²) in [6.45, 7) is 0. The minimum Gasteiger partial charge on any atom is -0.392 e. The van der Waals surface area contributed by atoms with Gasteiger partial charge in [0.1, 0.15) is 0 Å². The molecule has 0 bridgehead atoms. The number of nitrogens with one attached hydrogen (secondary N) is 1. The third-order valence-electron chi connectivity index (χ3n) is 3.28. The predicted molar refractivity (Wildman–Crippen MR) is 49.0 cm³/mol. The van der Waals surface area contributed by atoms with Crippen molar-refractivity contribution < 1.29 is 5.11 Å². The molecule has 2 saturated carbocycles. The highest BCUT2D eigenvalue weighted by atomic mass is 16.3. The van der Waals surface area contributed by atoms with Crippen LogP contribution in [-0.4, -0.2) is 23.3 Å². The van der Waals surface area contributed by atoms with Gasteiger partial charge in [0.25, 0.3) is 0 Å². The van der Waals surface area contributed by atoms with E-state index in [1.54, 1.807) is 0 Å². The van der Waals surface area contributed by atoms with Gasteiger partial charge < -0.3 is 10.4 Å². The Kier molecular flexibility index (Phi) is 2.66. The standard InChI is InChI=1S/C10H19NO/c12-10-7-3-6-9(10)11-8-4-1-2-5-8/h8-12H,1-7H2. The number of aliphatic hydroxyl groups is 1. The van der Waals surface area contributed by atoms with E-state index in [2.05, 4.69) is 5.32 Å². The lowest BCUT2D eigenvalue weighted by atomic mass is 10.1. The van der Waals surface area contributed by atoms with Crippen molar-refractivity contribution in [3.05, 3.63) is 0 Å². The quantitative estimate of drug-likeness (QED) is 0.655. The number of aliphatic hydroxyl groups excluding tert-OH is 1. The highest BCUT2D eigenvalue weighted by Gasteiger charge is 2.27. The first kappa shape index (κ1) is 8.52. The zero-order valence-corrected chi connectivity index (χ0v) is 7.63. The topological polar surface area (TPSA) is 32.3 Å². The second-order valence-corrected chi connectivity index (χ2v) is 4.25. The average molecular weight is 169 g/mol. The molecule has 2 aliphatic carbocycles. The Balaban J connectivity index is 1.77.